The Kier molecular flexibility index (Phi) is 25.2. The average Bonchev–Trinajstić information content (AvgIpc) is 3.95. The van der Waals surface area contributed by atoms with Crippen molar-refractivity contribution in [2.24, 2.45) is 0 Å². The summed E-state index contributed by atoms with van der Waals surface area (Å²) in [5.74, 6) is 2.25. The number of hydrogen-bond acceptors (Lipinski definition) is 0. The van der Waals surface area contributed by atoms with Crippen molar-refractivity contribution in [3.05, 3.63) is 95.6 Å². The Morgan fingerprint density at radius 3 is 1.52 bits per heavy atom. The van der Waals surface area contributed by atoms with E-state index in [0.717, 1.165) is 0 Å². The lowest BCUT2D eigenvalue weighted by Gasteiger charge is -2.30. The normalized spacial score (nSPS) is 12.8. The van der Waals surface area contributed by atoms with Crippen LogP contribution in [0.5, 0.6) is 0 Å². The Bertz CT molecular complexity index is 1090. The van der Waals surface area contributed by atoms with E-state index in [-0.39, 0.29) is 7.43 Å². The van der Waals surface area contributed by atoms with Crippen molar-refractivity contribution in [1.29, 1.82) is 0 Å². The van der Waals surface area contributed by atoms with Gasteiger partial charge in [-0.3, -0.25) is 0 Å². The highest BCUT2D eigenvalue weighted by Crippen LogP contribution is 2.50. The zero-order valence-corrected chi connectivity index (χ0v) is 29.9. The minimum atomic E-state index is 0. The van der Waals surface area contributed by atoms with Gasteiger partial charge in [0.1, 0.15) is 0 Å². The Balaban J connectivity index is 0. The van der Waals surface area contributed by atoms with Crippen molar-refractivity contribution in [2.75, 3.05) is 0 Å². The molecule has 0 amide bonds. The fourth-order valence-electron chi connectivity index (χ4n) is 5.29. The first kappa shape index (κ1) is 43.3. The summed E-state index contributed by atoms with van der Waals surface area (Å²) in [4.78, 5) is 0. The molecule has 0 saturated heterocycles. The molecule has 0 N–H and O–H groups in total. The van der Waals surface area contributed by atoms with Gasteiger partial charge in [0, 0.05) is 0 Å². The Morgan fingerprint density at radius 2 is 1.18 bits per heavy atom. The first-order chi connectivity index (χ1) is 20.8. The molecule has 2 fully saturated rings. The molecule has 5 rings (SSSR count). The number of terminal acetylenes is 1. The zero-order valence-electron chi connectivity index (χ0n) is 29.9. The van der Waals surface area contributed by atoms with Crippen molar-refractivity contribution in [2.45, 2.75) is 158 Å². The van der Waals surface area contributed by atoms with Gasteiger partial charge in [-0.1, -0.05) is 180 Å². The van der Waals surface area contributed by atoms with E-state index >= 15 is 0 Å². The Morgan fingerprint density at radius 1 is 0.750 bits per heavy atom. The molecule has 3 aromatic carbocycles. The summed E-state index contributed by atoms with van der Waals surface area (Å²) in [5.41, 5.74) is 8.01. The van der Waals surface area contributed by atoms with E-state index in [1.165, 1.54) is 92.9 Å². The van der Waals surface area contributed by atoms with Crippen molar-refractivity contribution in [3.8, 4) is 23.5 Å². The van der Waals surface area contributed by atoms with E-state index in [9.17, 15) is 0 Å². The van der Waals surface area contributed by atoms with Gasteiger partial charge in [-0.05, 0) is 84.6 Å². The molecule has 44 heavy (non-hydrogen) atoms. The van der Waals surface area contributed by atoms with Gasteiger partial charge >= 0.3 is 0 Å². The monoisotopic (exact) mass is 599 g/mol. The lowest BCUT2D eigenvalue weighted by molar-refractivity contribution is 0.392. The number of rotatable bonds is 8. The van der Waals surface area contributed by atoms with Gasteiger partial charge in [-0.25, -0.2) is 0 Å². The van der Waals surface area contributed by atoms with Gasteiger partial charge in [-0.15, -0.1) is 12.3 Å². The lowest BCUT2D eigenvalue weighted by Crippen LogP contribution is -2.21. The van der Waals surface area contributed by atoms with Crippen molar-refractivity contribution >= 4 is 0 Å². The van der Waals surface area contributed by atoms with E-state index < -0.39 is 0 Å². The molecule has 2 saturated carbocycles. The maximum absolute atomic E-state index is 4.60. The van der Waals surface area contributed by atoms with Gasteiger partial charge < -0.3 is 0 Å². The van der Waals surface area contributed by atoms with E-state index in [0.29, 0.717) is 10.8 Å². The molecule has 0 unspecified atom stereocenters. The van der Waals surface area contributed by atoms with Crippen LogP contribution in [0.15, 0.2) is 78.9 Å². The van der Waals surface area contributed by atoms with Gasteiger partial charge in [0.2, 0.25) is 0 Å². The van der Waals surface area contributed by atoms with Crippen LogP contribution in [0.4, 0.5) is 0 Å². The quantitative estimate of drug-likeness (QED) is 0.226. The molecule has 2 aliphatic carbocycles. The minimum absolute atomic E-state index is 0. The highest BCUT2D eigenvalue weighted by Gasteiger charge is 2.41. The fourth-order valence-corrected chi connectivity index (χ4v) is 5.29. The van der Waals surface area contributed by atoms with Gasteiger partial charge in [0.05, 0.1) is 0 Å². The first-order valence-corrected chi connectivity index (χ1v) is 17.4. The first-order valence-electron chi connectivity index (χ1n) is 17.4. The molecule has 0 nitrogen and oxygen atoms in total. The van der Waals surface area contributed by atoms with Crippen LogP contribution in [0, 0.1) is 19.3 Å². The van der Waals surface area contributed by atoms with Crippen LogP contribution in [-0.2, 0) is 10.8 Å². The molecule has 0 bridgehead atoms. The fraction of sp³-hybridized carbons (Fsp3) is 0.545. The highest BCUT2D eigenvalue weighted by molar-refractivity contribution is 5.67. The zero-order chi connectivity index (χ0) is 32.6. The molecule has 0 aliphatic heterocycles. The summed E-state index contributed by atoms with van der Waals surface area (Å²) in [7, 11) is 0. The van der Waals surface area contributed by atoms with E-state index in [1.54, 1.807) is 12.5 Å². The maximum Gasteiger partial charge on any atom is -0.00297 e. The third-order valence-electron chi connectivity index (χ3n) is 7.88. The van der Waals surface area contributed by atoms with Gasteiger partial charge in [-0.2, -0.15) is 0 Å². The van der Waals surface area contributed by atoms with Crippen LogP contribution < -0.4 is 0 Å². The lowest BCUT2D eigenvalue weighted by atomic mass is 9.74. The van der Waals surface area contributed by atoms with E-state index in [2.05, 4.69) is 140 Å². The van der Waals surface area contributed by atoms with Crippen LogP contribution in [0.2, 0.25) is 0 Å². The van der Waals surface area contributed by atoms with Crippen LogP contribution >= 0.6 is 0 Å². The predicted octanol–water partition coefficient (Wildman–Crippen LogP) is 14.5. The summed E-state index contributed by atoms with van der Waals surface area (Å²) in [5, 5.41) is 0. The standard InChI is InChI=1S/C21H28.C11H14.C3H6.C3H8.C3H4.C2H6.CH4/c1-5-14-21(4,15-6-2)19-12-13-20(17(3)16-19)18-10-8-7-9-11-18;1-2-11(8-9-11)10-6-4-3-5-7-10;1-2-3-1;2*1-3-2;1-2;/h7-13,16H,5-6,14-15H2,1-4H3;3-7H,2,8-9H2,1H3;1-3H2;3H2,1-2H3;1H,2H3;1-2H3;1H4. The molecule has 2 aliphatic rings. The van der Waals surface area contributed by atoms with Gasteiger partial charge in [0.25, 0.3) is 0 Å². The summed E-state index contributed by atoms with van der Waals surface area (Å²) in [6, 6.07) is 28.7. The molecular weight excluding hydrogens is 528 g/mol. The van der Waals surface area contributed by atoms with Crippen molar-refractivity contribution in [3.63, 3.8) is 0 Å². The topological polar surface area (TPSA) is 0 Å². The SMILES string of the molecule is C.C#CC.C1CC1.CC.CCC.CCC1(c2ccccc2)CC1.CCCC(C)(CCC)c1ccc(-c2ccccc2)c(C)c1. The number of aryl methyl sites for hydroxylation is 1. The summed E-state index contributed by atoms with van der Waals surface area (Å²) in [6.07, 6.45) is 19.5. The minimum Gasteiger partial charge on any atom is -0.120 e. The van der Waals surface area contributed by atoms with E-state index in [4.69, 9.17) is 0 Å². The van der Waals surface area contributed by atoms with Gasteiger partial charge in [0.15, 0.2) is 0 Å². The maximum atomic E-state index is 4.60. The molecule has 0 atom stereocenters. The largest absolute Gasteiger partial charge is 0.120 e. The summed E-state index contributed by atoms with van der Waals surface area (Å²) < 4.78 is 0. The Hall–Kier alpha value is -2.78. The molecule has 0 spiro atoms. The number of hydrogen-bond donors (Lipinski definition) is 0. The van der Waals surface area contributed by atoms with Crippen LogP contribution in [0.1, 0.15) is 157 Å². The smallest absolute Gasteiger partial charge is 0.00297 e. The van der Waals surface area contributed by atoms with Crippen molar-refractivity contribution < 1.29 is 0 Å². The number of benzene rings is 3. The third-order valence-corrected chi connectivity index (χ3v) is 7.88. The predicted molar refractivity (Wildman–Crippen MR) is 204 cm³/mol. The Labute approximate surface area is 276 Å². The molecular formula is C44H70. The third kappa shape index (κ3) is 16.3. The van der Waals surface area contributed by atoms with Crippen molar-refractivity contribution in [1.82, 2.24) is 0 Å². The van der Waals surface area contributed by atoms with Crippen LogP contribution in [-0.4, -0.2) is 0 Å². The van der Waals surface area contributed by atoms with Crippen LogP contribution in [0.3, 0.4) is 0 Å². The molecule has 0 aromatic heterocycles. The molecule has 0 radical (unpaired) electrons. The molecule has 246 valence electrons. The average molecular weight is 599 g/mol. The second-order valence-corrected chi connectivity index (χ2v) is 12.0. The molecule has 0 heterocycles. The van der Waals surface area contributed by atoms with Crippen LogP contribution in [0.25, 0.3) is 11.1 Å². The highest BCUT2D eigenvalue weighted by atomic mass is 14.5. The van der Waals surface area contributed by atoms with E-state index in [1.807, 2.05) is 13.8 Å². The summed E-state index contributed by atoms with van der Waals surface area (Å²) in [6.45, 7) is 21.4. The second-order valence-electron chi connectivity index (χ2n) is 12.0. The molecule has 3 aromatic rings. The molecule has 0 heteroatoms. The second kappa shape index (κ2) is 25.5. The summed E-state index contributed by atoms with van der Waals surface area (Å²) >= 11 is 0.